The molecule has 2 atom stereocenters. The molecule has 1 amide bonds. The van der Waals surface area contributed by atoms with Crippen LogP contribution in [-0.2, 0) is 21.8 Å². The van der Waals surface area contributed by atoms with E-state index in [9.17, 15) is 14.7 Å². The number of aliphatic hydroxyl groups excluding tert-OH is 1. The summed E-state index contributed by atoms with van der Waals surface area (Å²) < 4.78 is 18.5. The summed E-state index contributed by atoms with van der Waals surface area (Å²) in [7, 11) is 0. The largest absolute Gasteiger partial charge is 0.507 e. The monoisotopic (exact) mass is 705 g/mol. The summed E-state index contributed by atoms with van der Waals surface area (Å²) in [6, 6.07) is 17.2. The lowest BCUT2D eigenvalue weighted by Gasteiger charge is -2.23. The van der Waals surface area contributed by atoms with Gasteiger partial charge in [-0.1, -0.05) is 72.7 Å². The Hall–Kier alpha value is -4.06. The Kier molecular flexibility index (Phi) is 10.6. The molecule has 12 heteroatoms. The number of thioether (sulfide) groups is 1. The molecule has 250 valence electrons. The maximum absolute atomic E-state index is 13.8. The Labute approximate surface area is 292 Å². The van der Waals surface area contributed by atoms with Crippen molar-refractivity contribution >= 4 is 57.3 Å². The average molecular weight is 706 g/mol. The van der Waals surface area contributed by atoms with Crippen LogP contribution in [0.2, 0.25) is 5.02 Å². The molecule has 0 saturated carbocycles. The number of carbonyl (C=O) groups is 2. The molecule has 6 rings (SSSR count). The first kappa shape index (κ1) is 33.8. The summed E-state index contributed by atoms with van der Waals surface area (Å²) in [6.45, 7) is 6.90. The normalized spacial score (nSPS) is 18.2. The summed E-state index contributed by atoms with van der Waals surface area (Å²) in [5.41, 5.74) is 2.91. The van der Waals surface area contributed by atoms with Crippen LogP contribution in [0.15, 0.2) is 70.6 Å². The lowest BCUT2D eigenvalue weighted by molar-refractivity contribution is -0.132. The topological polar surface area (TPSA) is 111 Å². The van der Waals surface area contributed by atoms with Gasteiger partial charge in [-0.05, 0) is 79.4 Å². The number of carbonyl (C=O) groups excluding carboxylic acids is 2. The minimum Gasteiger partial charge on any atom is -0.507 e. The number of ether oxygens (including phenoxy) is 3. The minimum atomic E-state index is -0.996. The summed E-state index contributed by atoms with van der Waals surface area (Å²) in [5.74, 6) is 0.517. The van der Waals surface area contributed by atoms with Crippen LogP contribution in [0.25, 0.3) is 5.76 Å². The highest BCUT2D eigenvalue weighted by molar-refractivity contribution is 8.00. The molecule has 0 radical (unpaired) electrons. The standard InChI is InChI=1S/C36H36ClN3O6S2/c1-4-6-7-16-45-28-15-10-23(19-29(28)44-5-2)31-30(32(41)24-11-14-27-25(18-24)17-21(3)46-27)33(42)34(43)40(31)35-38-39-36(48-35)47-20-22-8-12-26(37)13-9-22/h8-15,18-19,21,31,41H,4-7,16-17,20H2,1-3H3/t21-,31+/m1/s1. The van der Waals surface area contributed by atoms with Crippen molar-refractivity contribution in [2.24, 2.45) is 0 Å². The SMILES string of the molecule is CCCCCOc1ccc([C@H]2C(=C(O)c3ccc4c(c3)C[C@@H](C)O4)C(=O)C(=O)N2c2nnc(SCc3ccc(Cl)cc3)s2)cc1OCC. The first-order valence-electron chi connectivity index (χ1n) is 16.0. The van der Waals surface area contributed by atoms with Crippen LogP contribution in [0.1, 0.15) is 68.3 Å². The molecule has 3 heterocycles. The number of halogens is 1. The van der Waals surface area contributed by atoms with Crippen LogP contribution in [0.5, 0.6) is 17.2 Å². The Morgan fingerprint density at radius 2 is 1.85 bits per heavy atom. The Bertz CT molecular complexity index is 1840. The number of ketones is 1. The second kappa shape index (κ2) is 15.0. The molecular weight excluding hydrogens is 670 g/mol. The average Bonchev–Trinajstić information content (AvgIpc) is 3.77. The molecule has 2 aliphatic rings. The van der Waals surface area contributed by atoms with E-state index in [-0.39, 0.29) is 22.6 Å². The van der Waals surface area contributed by atoms with E-state index in [4.69, 9.17) is 25.8 Å². The van der Waals surface area contributed by atoms with Crippen molar-refractivity contribution < 1.29 is 28.9 Å². The van der Waals surface area contributed by atoms with Crippen LogP contribution in [0, 0.1) is 0 Å². The van der Waals surface area contributed by atoms with Gasteiger partial charge >= 0.3 is 5.91 Å². The lowest BCUT2D eigenvalue weighted by Crippen LogP contribution is -2.29. The van der Waals surface area contributed by atoms with E-state index >= 15 is 0 Å². The molecule has 1 saturated heterocycles. The third-order valence-electron chi connectivity index (χ3n) is 8.08. The molecule has 1 fully saturated rings. The Morgan fingerprint density at radius 1 is 1.04 bits per heavy atom. The number of benzene rings is 3. The number of aromatic nitrogens is 2. The van der Waals surface area contributed by atoms with Crippen LogP contribution < -0.4 is 19.1 Å². The maximum Gasteiger partial charge on any atom is 0.301 e. The van der Waals surface area contributed by atoms with Gasteiger partial charge in [-0.2, -0.15) is 0 Å². The first-order valence-corrected chi connectivity index (χ1v) is 18.2. The highest BCUT2D eigenvalue weighted by Gasteiger charge is 2.48. The number of hydrogen-bond donors (Lipinski definition) is 1. The van der Waals surface area contributed by atoms with Crippen molar-refractivity contribution in [2.45, 2.75) is 68.7 Å². The zero-order chi connectivity index (χ0) is 33.8. The van der Waals surface area contributed by atoms with Crippen molar-refractivity contribution in [1.29, 1.82) is 0 Å². The van der Waals surface area contributed by atoms with E-state index < -0.39 is 17.7 Å². The van der Waals surface area contributed by atoms with Gasteiger partial charge in [0.1, 0.15) is 17.6 Å². The van der Waals surface area contributed by atoms with Gasteiger partial charge in [0, 0.05) is 22.8 Å². The highest BCUT2D eigenvalue weighted by Crippen LogP contribution is 2.46. The molecule has 1 N–H and O–H groups in total. The molecule has 48 heavy (non-hydrogen) atoms. The molecule has 3 aromatic carbocycles. The van der Waals surface area contributed by atoms with Crippen LogP contribution in [-0.4, -0.2) is 46.3 Å². The summed E-state index contributed by atoms with van der Waals surface area (Å²) in [6.07, 6.45) is 3.71. The van der Waals surface area contributed by atoms with E-state index in [0.717, 1.165) is 36.1 Å². The number of aliphatic hydroxyl groups is 1. The second-order valence-corrected chi connectivity index (χ2v) is 14.2. The van der Waals surface area contributed by atoms with Crippen molar-refractivity contribution in [3.05, 3.63) is 93.5 Å². The fraction of sp³-hybridized carbons (Fsp3) is 0.333. The number of unbranched alkanes of at least 4 members (excludes halogenated alkanes) is 2. The number of anilines is 1. The molecule has 9 nitrogen and oxygen atoms in total. The van der Waals surface area contributed by atoms with Gasteiger partial charge in [0.05, 0.1) is 24.8 Å². The molecular formula is C36H36ClN3O6S2. The van der Waals surface area contributed by atoms with Crippen LogP contribution in [0.4, 0.5) is 5.13 Å². The summed E-state index contributed by atoms with van der Waals surface area (Å²) in [4.78, 5) is 29.0. The molecule has 4 aromatic rings. The number of amides is 1. The molecule has 0 aliphatic carbocycles. The van der Waals surface area contributed by atoms with Gasteiger partial charge in [-0.15, -0.1) is 10.2 Å². The highest BCUT2D eigenvalue weighted by atomic mass is 35.5. The third kappa shape index (κ3) is 7.18. The van der Waals surface area contributed by atoms with Gasteiger partial charge in [0.25, 0.3) is 5.78 Å². The quantitative estimate of drug-likeness (QED) is 0.0366. The van der Waals surface area contributed by atoms with Gasteiger partial charge in [-0.25, -0.2) is 0 Å². The van der Waals surface area contributed by atoms with Gasteiger partial charge in [-0.3, -0.25) is 14.5 Å². The van der Waals surface area contributed by atoms with Gasteiger partial charge in [0.2, 0.25) is 5.13 Å². The fourth-order valence-electron chi connectivity index (χ4n) is 5.77. The first-order chi connectivity index (χ1) is 23.3. The summed E-state index contributed by atoms with van der Waals surface area (Å²) in [5, 5.41) is 21.3. The molecule has 0 bridgehead atoms. The molecule has 2 aliphatic heterocycles. The molecule has 1 aromatic heterocycles. The van der Waals surface area contributed by atoms with E-state index in [1.54, 1.807) is 30.3 Å². The van der Waals surface area contributed by atoms with E-state index in [0.29, 0.717) is 57.4 Å². The van der Waals surface area contributed by atoms with Crippen molar-refractivity contribution in [1.82, 2.24) is 10.2 Å². The predicted octanol–water partition coefficient (Wildman–Crippen LogP) is 8.40. The molecule has 0 spiro atoms. The van der Waals surface area contributed by atoms with Crippen LogP contribution in [0.3, 0.4) is 0 Å². The second-order valence-electron chi connectivity index (χ2n) is 11.6. The van der Waals surface area contributed by atoms with Crippen molar-refractivity contribution in [2.75, 3.05) is 18.1 Å². The van der Waals surface area contributed by atoms with E-state index in [1.807, 2.05) is 44.2 Å². The smallest absolute Gasteiger partial charge is 0.301 e. The lowest BCUT2D eigenvalue weighted by atomic mass is 9.94. The van der Waals surface area contributed by atoms with Gasteiger partial charge in [0.15, 0.2) is 15.8 Å². The fourth-order valence-corrected chi connectivity index (χ4v) is 7.72. The van der Waals surface area contributed by atoms with Crippen molar-refractivity contribution in [3.63, 3.8) is 0 Å². The van der Waals surface area contributed by atoms with Gasteiger partial charge < -0.3 is 19.3 Å². The van der Waals surface area contributed by atoms with Crippen molar-refractivity contribution in [3.8, 4) is 17.2 Å². The molecule has 0 unspecified atom stereocenters. The number of hydrogen-bond acceptors (Lipinski definition) is 10. The zero-order valence-electron chi connectivity index (χ0n) is 26.9. The third-order valence-corrected chi connectivity index (χ3v) is 10.5. The maximum atomic E-state index is 13.8. The zero-order valence-corrected chi connectivity index (χ0v) is 29.3. The number of Topliss-reactive ketones (excluding diaryl/α,β-unsaturated/α-hetero) is 1. The predicted molar refractivity (Wildman–Crippen MR) is 189 cm³/mol. The Balaban J connectivity index is 1.39. The number of rotatable bonds is 13. The van der Waals surface area contributed by atoms with Crippen LogP contribution >= 0.6 is 34.7 Å². The van der Waals surface area contributed by atoms with E-state index in [1.165, 1.54) is 28.0 Å². The Morgan fingerprint density at radius 3 is 2.62 bits per heavy atom. The number of nitrogens with zero attached hydrogens (tertiary/aromatic N) is 3. The van der Waals surface area contributed by atoms with E-state index in [2.05, 4.69) is 17.1 Å². The minimum absolute atomic E-state index is 0.00632. The summed E-state index contributed by atoms with van der Waals surface area (Å²) >= 11 is 8.71. The number of fused-ring (bicyclic) bond motifs is 1.